The molecule has 1 amide bonds. The standard InChI is InChI=1S/C18H29N3O4/c1-12(2)17-19-20-18(25-17)15-11-21(8-9-24-15)16(22)10-13-4-6-14(23-3)7-5-13/h12-15H,4-11H2,1-3H3/t13?,14?,15-/m1/s1. The molecule has 2 fully saturated rings. The minimum atomic E-state index is -0.318. The topological polar surface area (TPSA) is 77.7 Å². The van der Waals surface area contributed by atoms with Gasteiger partial charge in [0.1, 0.15) is 0 Å². The predicted molar refractivity (Wildman–Crippen MR) is 91.0 cm³/mol. The van der Waals surface area contributed by atoms with Crippen LogP contribution in [0.2, 0.25) is 0 Å². The minimum Gasteiger partial charge on any atom is -0.422 e. The van der Waals surface area contributed by atoms with Crippen molar-refractivity contribution in [1.29, 1.82) is 0 Å². The Balaban J connectivity index is 1.53. The molecule has 2 aliphatic rings. The highest BCUT2D eigenvalue weighted by molar-refractivity contribution is 5.76. The number of rotatable bonds is 5. The molecule has 1 aromatic heterocycles. The summed E-state index contributed by atoms with van der Waals surface area (Å²) in [5.74, 6) is 1.94. The van der Waals surface area contributed by atoms with Crippen LogP contribution in [0.5, 0.6) is 0 Å². The van der Waals surface area contributed by atoms with E-state index in [9.17, 15) is 4.79 Å². The van der Waals surface area contributed by atoms with E-state index in [0.717, 1.165) is 25.7 Å². The van der Waals surface area contributed by atoms with Crippen molar-refractivity contribution in [2.24, 2.45) is 5.92 Å². The number of carbonyl (C=O) groups is 1. The molecule has 1 aliphatic heterocycles. The summed E-state index contributed by atoms with van der Waals surface area (Å²) in [6.45, 7) is 5.65. The number of hydrogen-bond acceptors (Lipinski definition) is 6. The van der Waals surface area contributed by atoms with Crippen LogP contribution in [0, 0.1) is 5.92 Å². The van der Waals surface area contributed by atoms with Gasteiger partial charge in [-0.3, -0.25) is 4.79 Å². The fraction of sp³-hybridized carbons (Fsp3) is 0.833. The van der Waals surface area contributed by atoms with Crippen LogP contribution in [-0.4, -0.2) is 53.9 Å². The molecule has 7 heteroatoms. The van der Waals surface area contributed by atoms with Crippen molar-refractivity contribution in [2.75, 3.05) is 26.8 Å². The predicted octanol–water partition coefficient (Wildman–Crippen LogP) is 2.69. The van der Waals surface area contributed by atoms with E-state index >= 15 is 0 Å². The molecular formula is C18H29N3O4. The summed E-state index contributed by atoms with van der Waals surface area (Å²) in [4.78, 5) is 14.6. The van der Waals surface area contributed by atoms with Gasteiger partial charge in [-0.25, -0.2) is 0 Å². The Morgan fingerprint density at radius 1 is 1.28 bits per heavy atom. The van der Waals surface area contributed by atoms with Gasteiger partial charge in [-0.15, -0.1) is 10.2 Å². The molecule has 25 heavy (non-hydrogen) atoms. The van der Waals surface area contributed by atoms with Crippen molar-refractivity contribution in [2.45, 2.75) is 64.1 Å². The molecule has 1 saturated carbocycles. The van der Waals surface area contributed by atoms with Gasteiger partial charge in [0.05, 0.1) is 19.3 Å². The highest BCUT2D eigenvalue weighted by Gasteiger charge is 2.31. The van der Waals surface area contributed by atoms with Gasteiger partial charge in [0.2, 0.25) is 17.7 Å². The van der Waals surface area contributed by atoms with Crippen molar-refractivity contribution in [3.8, 4) is 0 Å². The van der Waals surface area contributed by atoms with E-state index in [1.165, 1.54) is 0 Å². The lowest BCUT2D eigenvalue weighted by atomic mass is 9.85. The molecule has 1 saturated heterocycles. The maximum absolute atomic E-state index is 12.7. The number of nitrogens with zero attached hydrogens (tertiary/aromatic N) is 3. The zero-order chi connectivity index (χ0) is 17.8. The van der Waals surface area contributed by atoms with E-state index < -0.39 is 0 Å². The van der Waals surface area contributed by atoms with Gasteiger partial charge in [-0.1, -0.05) is 13.8 Å². The third kappa shape index (κ3) is 4.58. The van der Waals surface area contributed by atoms with Crippen molar-refractivity contribution >= 4 is 5.91 Å². The molecule has 1 aromatic rings. The lowest BCUT2D eigenvalue weighted by Crippen LogP contribution is -2.43. The summed E-state index contributed by atoms with van der Waals surface area (Å²) in [7, 11) is 1.77. The van der Waals surface area contributed by atoms with Crippen molar-refractivity contribution in [1.82, 2.24) is 15.1 Å². The van der Waals surface area contributed by atoms with E-state index in [1.54, 1.807) is 7.11 Å². The van der Waals surface area contributed by atoms with Crippen LogP contribution in [0.1, 0.15) is 69.8 Å². The normalized spacial score (nSPS) is 27.7. The van der Waals surface area contributed by atoms with E-state index in [0.29, 0.717) is 49.9 Å². The Hall–Kier alpha value is -1.47. The number of carbonyl (C=O) groups excluding carboxylic acids is 1. The average molecular weight is 351 g/mol. The smallest absolute Gasteiger partial charge is 0.247 e. The zero-order valence-corrected chi connectivity index (χ0v) is 15.4. The molecule has 0 radical (unpaired) electrons. The van der Waals surface area contributed by atoms with Gasteiger partial charge in [0.15, 0.2) is 6.10 Å². The Morgan fingerprint density at radius 2 is 2.04 bits per heavy atom. The van der Waals surface area contributed by atoms with Crippen LogP contribution in [0.25, 0.3) is 0 Å². The summed E-state index contributed by atoms with van der Waals surface area (Å²) in [6.07, 6.45) is 4.91. The quantitative estimate of drug-likeness (QED) is 0.812. The van der Waals surface area contributed by atoms with E-state index in [-0.39, 0.29) is 17.9 Å². The highest BCUT2D eigenvalue weighted by Crippen LogP contribution is 2.30. The second-order valence-corrected chi connectivity index (χ2v) is 7.41. The Bertz CT molecular complexity index is 566. The lowest BCUT2D eigenvalue weighted by Gasteiger charge is -2.33. The minimum absolute atomic E-state index is 0.185. The zero-order valence-electron chi connectivity index (χ0n) is 15.4. The number of amides is 1. The maximum atomic E-state index is 12.7. The maximum Gasteiger partial charge on any atom is 0.247 e. The fourth-order valence-electron chi connectivity index (χ4n) is 3.58. The van der Waals surface area contributed by atoms with Gasteiger partial charge in [-0.05, 0) is 31.6 Å². The summed E-state index contributed by atoms with van der Waals surface area (Å²) in [6, 6.07) is 0. The molecule has 0 unspecified atom stereocenters. The second-order valence-electron chi connectivity index (χ2n) is 7.41. The van der Waals surface area contributed by atoms with Crippen LogP contribution < -0.4 is 0 Å². The number of methoxy groups -OCH3 is 1. The van der Waals surface area contributed by atoms with Gasteiger partial charge in [0, 0.05) is 26.0 Å². The summed E-state index contributed by atoms with van der Waals surface area (Å²) >= 11 is 0. The first-order valence-corrected chi connectivity index (χ1v) is 9.32. The highest BCUT2D eigenvalue weighted by atomic mass is 16.5. The lowest BCUT2D eigenvalue weighted by molar-refractivity contribution is -0.141. The van der Waals surface area contributed by atoms with Crippen molar-refractivity contribution in [3.63, 3.8) is 0 Å². The molecule has 3 rings (SSSR count). The SMILES string of the molecule is COC1CCC(CC(=O)N2CCO[C@@H](c3nnc(C(C)C)o3)C2)CC1. The molecule has 0 bridgehead atoms. The van der Waals surface area contributed by atoms with Crippen LogP contribution in [-0.2, 0) is 14.3 Å². The van der Waals surface area contributed by atoms with Crippen LogP contribution in [0.15, 0.2) is 4.42 Å². The third-order valence-electron chi connectivity index (χ3n) is 5.24. The number of morpholine rings is 1. The van der Waals surface area contributed by atoms with Crippen LogP contribution in [0.3, 0.4) is 0 Å². The first-order chi connectivity index (χ1) is 12.1. The molecule has 140 valence electrons. The van der Waals surface area contributed by atoms with Gasteiger partial charge in [0.25, 0.3) is 0 Å². The molecule has 0 spiro atoms. The summed E-state index contributed by atoms with van der Waals surface area (Å²) in [5, 5.41) is 8.15. The Morgan fingerprint density at radius 3 is 2.68 bits per heavy atom. The first kappa shape index (κ1) is 18.3. The van der Waals surface area contributed by atoms with E-state index in [1.807, 2.05) is 18.7 Å². The molecule has 1 aliphatic carbocycles. The molecule has 2 heterocycles. The molecular weight excluding hydrogens is 322 g/mol. The summed E-state index contributed by atoms with van der Waals surface area (Å²) in [5.41, 5.74) is 0. The third-order valence-corrected chi connectivity index (χ3v) is 5.24. The number of ether oxygens (including phenoxy) is 2. The largest absolute Gasteiger partial charge is 0.422 e. The van der Waals surface area contributed by atoms with Gasteiger partial charge >= 0.3 is 0 Å². The van der Waals surface area contributed by atoms with E-state index in [2.05, 4.69) is 10.2 Å². The fourth-order valence-corrected chi connectivity index (χ4v) is 3.58. The monoisotopic (exact) mass is 351 g/mol. The average Bonchev–Trinajstić information content (AvgIpc) is 3.13. The number of hydrogen-bond donors (Lipinski definition) is 0. The van der Waals surface area contributed by atoms with Crippen molar-refractivity contribution in [3.05, 3.63) is 11.8 Å². The molecule has 1 atom stereocenters. The number of aromatic nitrogens is 2. The Labute approximate surface area is 149 Å². The molecule has 7 nitrogen and oxygen atoms in total. The van der Waals surface area contributed by atoms with Gasteiger partial charge < -0.3 is 18.8 Å². The Kier molecular flexibility index (Phi) is 6.06. The first-order valence-electron chi connectivity index (χ1n) is 9.32. The second kappa shape index (κ2) is 8.27. The van der Waals surface area contributed by atoms with Crippen LogP contribution in [0.4, 0.5) is 0 Å². The molecule has 0 N–H and O–H groups in total. The van der Waals surface area contributed by atoms with E-state index in [4.69, 9.17) is 13.9 Å². The van der Waals surface area contributed by atoms with Crippen molar-refractivity contribution < 1.29 is 18.7 Å². The summed E-state index contributed by atoms with van der Waals surface area (Å²) < 4.78 is 16.8. The van der Waals surface area contributed by atoms with Crippen LogP contribution >= 0.6 is 0 Å². The van der Waals surface area contributed by atoms with Gasteiger partial charge in [-0.2, -0.15) is 0 Å². The molecule has 0 aromatic carbocycles.